The zero-order valence-electron chi connectivity index (χ0n) is 16.2. The molecule has 5 rings (SSSR count). The van der Waals surface area contributed by atoms with E-state index >= 15 is 0 Å². The van der Waals surface area contributed by atoms with Gasteiger partial charge in [0.15, 0.2) is 0 Å². The van der Waals surface area contributed by atoms with Crippen LogP contribution in [0.1, 0.15) is 28.4 Å². The number of rotatable bonds is 3. The molecule has 3 atom stereocenters. The summed E-state index contributed by atoms with van der Waals surface area (Å²) in [6, 6.07) is 23.3. The van der Waals surface area contributed by atoms with Gasteiger partial charge in [0, 0.05) is 43.0 Å². The lowest BCUT2D eigenvalue weighted by molar-refractivity contribution is 0.0652. The highest BCUT2D eigenvalue weighted by Crippen LogP contribution is 2.35. The van der Waals surface area contributed by atoms with Crippen molar-refractivity contribution in [3.8, 4) is 11.1 Å². The number of piperidine rings is 1. The molecule has 0 spiro atoms. The van der Waals surface area contributed by atoms with E-state index in [1.807, 2.05) is 11.0 Å². The number of hydrogen-bond donors (Lipinski definition) is 2. The SMILES string of the molecule is O=C(c1ccncc1)N1CCC2NNC(c3ccc(-c4ccccc4)cc3)C2C1. The summed E-state index contributed by atoms with van der Waals surface area (Å²) in [5, 5.41) is 0. The van der Waals surface area contributed by atoms with E-state index in [1.165, 1.54) is 16.7 Å². The maximum absolute atomic E-state index is 12.9. The van der Waals surface area contributed by atoms with Gasteiger partial charge in [0.25, 0.3) is 5.91 Å². The highest BCUT2D eigenvalue weighted by atomic mass is 16.2. The van der Waals surface area contributed by atoms with E-state index in [2.05, 4.69) is 64.4 Å². The molecule has 2 fully saturated rings. The Bertz CT molecular complexity index is 975. The normalized spacial score (nSPS) is 23.6. The molecule has 146 valence electrons. The largest absolute Gasteiger partial charge is 0.338 e. The molecule has 2 aliphatic heterocycles. The molecule has 3 aromatic rings. The summed E-state index contributed by atoms with van der Waals surface area (Å²) >= 11 is 0. The van der Waals surface area contributed by atoms with Gasteiger partial charge in [-0.25, -0.2) is 5.43 Å². The molecule has 5 nitrogen and oxygen atoms in total. The molecule has 29 heavy (non-hydrogen) atoms. The molecule has 1 amide bonds. The van der Waals surface area contributed by atoms with Gasteiger partial charge in [0.1, 0.15) is 0 Å². The Labute approximate surface area is 170 Å². The van der Waals surface area contributed by atoms with E-state index in [9.17, 15) is 4.79 Å². The van der Waals surface area contributed by atoms with Crippen molar-refractivity contribution < 1.29 is 4.79 Å². The zero-order valence-corrected chi connectivity index (χ0v) is 16.2. The molecule has 2 aliphatic rings. The second kappa shape index (κ2) is 7.78. The third-order valence-electron chi connectivity index (χ3n) is 6.10. The summed E-state index contributed by atoms with van der Waals surface area (Å²) in [5.41, 5.74) is 11.3. The number of hydrogen-bond acceptors (Lipinski definition) is 4. The average Bonchev–Trinajstić information content (AvgIpc) is 3.23. The van der Waals surface area contributed by atoms with Crippen molar-refractivity contribution >= 4 is 5.91 Å². The zero-order chi connectivity index (χ0) is 19.6. The van der Waals surface area contributed by atoms with E-state index in [4.69, 9.17) is 0 Å². The number of hydrazine groups is 1. The Morgan fingerprint density at radius 2 is 1.62 bits per heavy atom. The molecule has 5 heteroatoms. The molecule has 2 aromatic carbocycles. The molecular formula is C24H24N4O. The smallest absolute Gasteiger partial charge is 0.253 e. The van der Waals surface area contributed by atoms with Gasteiger partial charge in [-0.1, -0.05) is 54.6 Å². The van der Waals surface area contributed by atoms with Gasteiger partial charge in [0.05, 0.1) is 6.04 Å². The summed E-state index contributed by atoms with van der Waals surface area (Å²) in [6.07, 6.45) is 4.30. The fourth-order valence-corrected chi connectivity index (χ4v) is 4.51. The first kappa shape index (κ1) is 18.0. The van der Waals surface area contributed by atoms with Crippen LogP contribution in [0.15, 0.2) is 79.1 Å². The molecule has 1 aromatic heterocycles. The molecule has 2 saturated heterocycles. The number of carbonyl (C=O) groups is 1. The van der Waals surface area contributed by atoms with Gasteiger partial charge in [-0.15, -0.1) is 0 Å². The van der Waals surface area contributed by atoms with Crippen LogP contribution in [0, 0.1) is 5.92 Å². The Morgan fingerprint density at radius 3 is 2.38 bits per heavy atom. The molecule has 0 radical (unpaired) electrons. The summed E-state index contributed by atoms with van der Waals surface area (Å²) in [4.78, 5) is 18.9. The fourth-order valence-electron chi connectivity index (χ4n) is 4.51. The Balaban J connectivity index is 1.33. The van der Waals surface area contributed by atoms with Gasteiger partial charge in [-0.2, -0.15) is 0 Å². The summed E-state index contributed by atoms with van der Waals surface area (Å²) in [6.45, 7) is 1.52. The van der Waals surface area contributed by atoms with Crippen LogP contribution in [-0.2, 0) is 0 Å². The maximum atomic E-state index is 12.9. The van der Waals surface area contributed by atoms with E-state index in [1.54, 1.807) is 24.5 Å². The molecule has 3 unspecified atom stereocenters. The van der Waals surface area contributed by atoms with Crippen LogP contribution in [-0.4, -0.2) is 34.9 Å². The Kier molecular flexibility index (Phi) is 4.84. The third-order valence-corrected chi connectivity index (χ3v) is 6.10. The number of nitrogens with zero attached hydrogens (tertiary/aromatic N) is 2. The van der Waals surface area contributed by atoms with Crippen LogP contribution in [0.2, 0.25) is 0 Å². The first-order valence-corrected chi connectivity index (χ1v) is 10.2. The highest BCUT2D eigenvalue weighted by molar-refractivity contribution is 5.94. The molecule has 0 bridgehead atoms. The number of fused-ring (bicyclic) bond motifs is 1. The van der Waals surface area contributed by atoms with Gasteiger partial charge >= 0.3 is 0 Å². The van der Waals surface area contributed by atoms with Gasteiger partial charge in [0.2, 0.25) is 0 Å². The van der Waals surface area contributed by atoms with Crippen molar-refractivity contribution in [2.24, 2.45) is 5.92 Å². The van der Waals surface area contributed by atoms with E-state index in [-0.39, 0.29) is 11.9 Å². The minimum atomic E-state index is 0.0934. The second-order valence-corrected chi connectivity index (χ2v) is 7.80. The van der Waals surface area contributed by atoms with Crippen molar-refractivity contribution in [1.82, 2.24) is 20.7 Å². The van der Waals surface area contributed by atoms with Crippen LogP contribution in [0.5, 0.6) is 0 Å². The van der Waals surface area contributed by atoms with Gasteiger partial charge < -0.3 is 4.90 Å². The maximum Gasteiger partial charge on any atom is 0.253 e. The molecule has 3 heterocycles. The minimum absolute atomic E-state index is 0.0934. The Hall–Kier alpha value is -3.02. The van der Waals surface area contributed by atoms with Crippen molar-refractivity contribution in [1.29, 1.82) is 0 Å². The fraction of sp³-hybridized carbons (Fsp3) is 0.250. The summed E-state index contributed by atoms with van der Waals surface area (Å²) < 4.78 is 0. The van der Waals surface area contributed by atoms with Gasteiger partial charge in [-0.05, 0) is 35.2 Å². The van der Waals surface area contributed by atoms with Crippen LogP contribution < -0.4 is 10.9 Å². The molecule has 0 aliphatic carbocycles. The predicted molar refractivity (Wildman–Crippen MR) is 113 cm³/mol. The van der Waals surface area contributed by atoms with E-state index in [0.717, 1.165) is 19.5 Å². The standard InChI is InChI=1S/C24H24N4O/c29-24(20-10-13-25-14-11-20)28-15-12-22-21(16-28)23(27-26-22)19-8-6-18(7-9-19)17-4-2-1-3-5-17/h1-11,13-14,21-23,26-27H,12,15-16H2. The average molecular weight is 384 g/mol. The number of carbonyl (C=O) groups excluding carboxylic acids is 1. The van der Waals surface area contributed by atoms with Crippen molar-refractivity contribution in [3.05, 3.63) is 90.3 Å². The first-order valence-electron chi connectivity index (χ1n) is 10.2. The quantitative estimate of drug-likeness (QED) is 0.726. The van der Waals surface area contributed by atoms with Crippen LogP contribution in [0.3, 0.4) is 0 Å². The molecular weight excluding hydrogens is 360 g/mol. The number of amides is 1. The van der Waals surface area contributed by atoms with Gasteiger partial charge in [-0.3, -0.25) is 15.2 Å². The highest BCUT2D eigenvalue weighted by Gasteiger charge is 2.41. The van der Waals surface area contributed by atoms with Crippen molar-refractivity contribution in [2.75, 3.05) is 13.1 Å². The lowest BCUT2D eigenvalue weighted by Crippen LogP contribution is -2.47. The Morgan fingerprint density at radius 1 is 0.897 bits per heavy atom. The summed E-state index contributed by atoms with van der Waals surface area (Å²) in [7, 11) is 0. The summed E-state index contributed by atoms with van der Waals surface area (Å²) in [5.74, 6) is 0.438. The number of benzene rings is 2. The minimum Gasteiger partial charge on any atom is -0.338 e. The lowest BCUT2D eigenvalue weighted by Gasteiger charge is -2.36. The number of aromatic nitrogens is 1. The second-order valence-electron chi connectivity index (χ2n) is 7.80. The lowest BCUT2D eigenvalue weighted by atomic mass is 9.84. The number of nitrogens with one attached hydrogen (secondary N) is 2. The number of pyridine rings is 1. The molecule has 2 N–H and O–H groups in total. The number of likely N-dealkylation sites (tertiary alicyclic amines) is 1. The van der Waals surface area contributed by atoms with Crippen molar-refractivity contribution in [2.45, 2.75) is 18.5 Å². The van der Waals surface area contributed by atoms with Crippen LogP contribution in [0.25, 0.3) is 11.1 Å². The first-order chi connectivity index (χ1) is 14.3. The van der Waals surface area contributed by atoms with Crippen molar-refractivity contribution in [3.63, 3.8) is 0 Å². The van der Waals surface area contributed by atoms with E-state index < -0.39 is 0 Å². The van der Waals surface area contributed by atoms with Crippen LogP contribution >= 0.6 is 0 Å². The topological polar surface area (TPSA) is 57.3 Å². The van der Waals surface area contributed by atoms with E-state index in [0.29, 0.717) is 17.5 Å². The molecule has 0 saturated carbocycles. The van der Waals surface area contributed by atoms with Crippen LogP contribution in [0.4, 0.5) is 0 Å². The predicted octanol–water partition coefficient (Wildman–Crippen LogP) is 3.43. The monoisotopic (exact) mass is 384 g/mol. The third kappa shape index (κ3) is 3.55.